The van der Waals surface area contributed by atoms with E-state index in [9.17, 15) is 9.18 Å². The molecule has 0 aliphatic carbocycles. The molecule has 32 heavy (non-hydrogen) atoms. The molecule has 166 valence electrons. The third-order valence-electron chi connectivity index (χ3n) is 6.51. The highest BCUT2D eigenvalue weighted by molar-refractivity contribution is 5.93. The Kier molecular flexibility index (Phi) is 6.74. The van der Waals surface area contributed by atoms with Crippen LogP contribution in [-0.2, 0) is 24.0 Å². The minimum Gasteiger partial charge on any atom is -0.453 e. The lowest BCUT2D eigenvalue weighted by Gasteiger charge is -2.26. The Morgan fingerprint density at radius 2 is 1.53 bits per heavy atom. The number of benzene rings is 3. The first-order valence-corrected chi connectivity index (χ1v) is 11.7. The maximum atomic E-state index is 14.8. The predicted octanol–water partition coefficient (Wildman–Crippen LogP) is 7.34. The summed E-state index contributed by atoms with van der Waals surface area (Å²) in [6.45, 7) is 6.40. The summed E-state index contributed by atoms with van der Waals surface area (Å²) in [5, 5.41) is 0. The van der Waals surface area contributed by atoms with Crippen LogP contribution >= 0.6 is 0 Å². The lowest BCUT2D eigenvalue weighted by molar-refractivity contribution is 0.0245. The fourth-order valence-electron chi connectivity index (χ4n) is 4.58. The van der Waals surface area contributed by atoms with Crippen LogP contribution in [-0.4, -0.2) is 5.97 Å². The first-order valence-electron chi connectivity index (χ1n) is 11.7. The molecule has 0 fully saturated rings. The second kappa shape index (κ2) is 9.68. The zero-order valence-corrected chi connectivity index (χ0v) is 19.2. The first-order chi connectivity index (χ1) is 15.5. The summed E-state index contributed by atoms with van der Waals surface area (Å²) in [5.41, 5.74) is 6.25. The third kappa shape index (κ3) is 4.48. The third-order valence-corrected chi connectivity index (χ3v) is 6.51. The van der Waals surface area contributed by atoms with Crippen molar-refractivity contribution in [3.8, 4) is 0 Å². The quantitative estimate of drug-likeness (QED) is 0.367. The van der Waals surface area contributed by atoms with E-state index in [2.05, 4.69) is 50.2 Å². The van der Waals surface area contributed by atoms with Gasteiger partial charge in [0.1, 0.15) is 11.9 Å². The Hall–Kier alpha value is -2.94. The van der Waals surface area contributed by atoms with Crippen molar-refractivity contribution >= 4 is 5.97 Å². The van der Waals surface area contributed by atoms with Gasteiger partial charge in [0.2, 0.25) is 0 Å². The highest BCUT2D eigenvalue weighted by atomic mass is 19.1. The Labute approximate surface area is 190 Å². The molecule has 0 saturated carbocycles. The summed E-state index contributed by atoms with van der Waals surface area (Å²) in [5.74, 6) is -0.696. The molecule has 3 aromatic rings. The Morgan fingerprint density at radius 3 is 2.16 bits per heavy atom. The van der Waals surface area contributed by atoms with E-state index in [1.54, 1.807) is 0 Å². The molecule has 1 heterocycles. The van der Waals surface area contributed by atoms with Gasteiger partial charge < -0.3 is 4.74 Å². The molecule has 3 aromatic carbocycles. The average Bonchev–Trinajstić information content (AvgIpc) is 2.81. The molecule has 0 spiro atoms. The number of hydrogen-bond acceptors (Lipinski definition) is 2. The SMILES string of the molecule is CCCc1ccc(C(C)c2ccc(C3Cc4ccc(CCC)c(F)c4C(=O)O3)cc2)cc1. The second-order valence-corrected chi connectivity index (χ2v) is 8.80. The van der Waals surface area contributed by atoms with E-state index in [0.717, 1.165) is 30.4 Å². The number of esters is 1. The average molecular weight is 431 g/mol. The number of fused-ring (bicyclic) bond motifs is 1. The van der Waals surface area contributed by atoms with Gasteiger partial charge in [-0.05, 0) is 46.2 Å². The molecule has 2 nitrogen and oxygen atoms in total. The zero-order chi connectivity index (χ0) is 22.7. The van der Waals surface area contributed by atoms with Gasteiger partial charge in [-0.15, -0.1) is 0 Å². The van der Waals surface area contributed by atoms with Gasteiger partial charge in [0.25, 0.3) is 0 Å². The minimum absolute atomic E-state index is 0.115. The molecular formula is C29H31FO2. The molecule has 0 radical (unpaired) electrons. The first kappa shape index (κ1) is 22.3. The molecule has 2 atom stereocenters. The number of carbonyl (C=O) groups is 1. The Morgan fingerprint density at radius 1 is 0.906 bits per heavy atom. The van der Waals surface area contributed by atoms with Crippen LogP contribution in [0, 0.1) is 5.82 Å². The fourth-order valence-corrected chi connectivity index (χ4v) is 4.58. The predicted molar refractivity (Wildman–Crippen MR) is 127 cm³/mol. The van der Waals surface area contributed by atoms with Crippen molar-refractivity contribution < 1.29 is 13.9 Å². The van der Waals surface area contributed by atoms with E-state index in [4.69, 9.17) is 4.74 Å². The Balaban J connectivity index is 1.51. The lowest BCUT2D eigenvalue weighted by Crippen LogP contribution is -2.24. The summed E-state index contributed by atoms with van der Waals surface area (Å²) < 4.78 is 20.4. The van der Waals surface area contributed by atoms with Crippen molar-refractivity contribution in [2.24, 2.45) is 0 Å². The molecule has 0 amide bonds. The second-order valence-electron chi connectivity index (χ2n) is 8.80. The molecule has 0 bridgehead atoms. The largest absolute Gasteiger partial charge is 0.453 e. The van der Waals surface area contributed by atoms with Crippen LogP contribution in [0.5, 0.6) is 0 Å². The number of halogens is 1. The van der Waals surface area contributed by atoms with Crippen molar-refractivity contribution in [1.29, 1.82) is 0 Å². The lowest BCUT2D eigenvalue weighted by atomic mass is 9.89. The normalized spacial score (nSPS) is 16.4. The fraction of sp³-hybridized carbons (Fsp3) is 0.345. The standard InChI is InChI=1S/C29H31FO2/c1-4-6-20-8-10-21(11-9-20)19(3)22-12-14-23(15-13-22)26-18-25-17-16-24(7-5-2)28(30)27(25)29(31)32-26/h8-17,19,26H,4-7,18H2,1-3H3. The number of ether oxygens (including phenoxy) is 1. The maximum absolute atomic E-state index is 14.8. The van der Waals surface area contributed by atoms with Gasteiger partial charge in [0.05, 0.1) is 5.56 Å². The number of hydrogen-bond donors (Lipinski definition) is 0. The smallest absolute Gasteiger partial charge is 0.342 e. The van der Waals surface area contributed by atoms with Crippen LogP contribution in [0.2, 0.25) is 0 Å². The maximum Gasteiger partial charge on any atom is 0.342 e. The van der Waals surface area contributed by atoms with Crippen LogP contribution in [0.25, 0.3) is 0 Å². The molecule has 1 aliphatic rings. The van der Waals surface area contributed by atoms with Gasteiger partial charge in [0.15, 0.2) is 0 Å². The molecule has 0 saturated heterocycles. The van der Waals surface area contributed by atoms with E-state index in [-0.39, 0.29) is 17.6 Å². The number of cyclic esters (lactones) is 1. The monoisotopic (exact) mass is 430 g/mol. The summed E-state index contributed by atoms with van der Waals surface area (Å²) in [6.07, 6.45) is 3.83. The molecule has 2 unspecified atom stereocenters. The summed E-state index contributed by atoms with van der Waals surface area (Å²) >= 11 is 0. The Bertz CT molecular complexity index is 1080. The van der Waals surface area contributed by atoms with Gasteiger partial charge in [0, 0.05) is 12.3 Å². The van der Waals surface area contributed by atoms with Crippen molar-refractivity contribution in [3.63, 3.8) is 0 Å². The van der Waals surface area contributed by atoms with Crippen LogP contribution in [0.3, 0.4) is 0 Å². The number of aryl methyl sites for hydroxylation is 2. The van der Waals surface area contributed by atoms with Crippen LogP contribution in [0.15, 0.2) is 60.7 Å². The zero-order valence-electron chi connectivity index (χ0n) is 19.2. The van der Waals surface area contributed by atoms with E-state index in [1.807, 2.05) is 31.2 Å². The summed E-state index contributed by atoms with van der Waals surface area (Å²) in [6, 6.07) is 20.8. The topological polar surface area (TPSA) is 26.3 Å². The van der Waals surface area contributed by atoms with Gasteiger partial charge in [-0.3, -0.25) is 0 Å². The molecule has 4 rings (SSSR count). The molecule has 1 aliphatic heterocycles. The van der Waals surface area contributed by atoms with Crippen LogP contribution < -0.4 is 0 Å². The van der Waals surface area contributed by atoms with E-state index >= 15 is 0 Å². The van der Waals surface area contributed by atoms with Gasteiger partial charge in [-0.2, -0.15) is 0 Å². The highest BCUT2D eigenvalue weighted by Gasteiger charge is 2.31. The highest BCUT2D eigenvalue weighted by Crippen LogP contribution is 2.34. The van der Waals surface area contributed by atoms with Gasteiger partial charge in [-0.1, -0.05) is 94.3 Å². The van der Waals surface area contributed by atoms with Crippen molar-refractivity contribution in [2.75, 3.05) is 0 Å². The van der Waals surface area contributed by atoms with Crippen LogP contribution in [0.4, 0.5) is 4.39 Å². The van der Waals surface area contributed by atoms with Crippen molar-refractivity contribution in [2.45, 2.75) is 64.9 Å². The summed E-state index contributed by atoms with van der Waals surface area (Å²) in [7, 11) is 0. The van der Waals surface area contributed by atoms with Crippen molar-refractivity contribution in [3.05, 3.63) is 105 Å². The molecule has 3 heteroatoms. The van der Waals surface area contributed by atoms with E-state index < -0.39 is 11.8 Å². The van der Waals surface area contributed by atoms with E-state index in [1.165, 1.54) is 16.7 Å². The molecular weight excluding hydrogens is 399 g/mol. The molecule has 0 N–H and O–H groups in total. The minimum atomic E-state index is -0.559. The number of rotatable bonds is 7. The molecule has 0 aromatic heterocycles. The summed E-state index contributed by atoms with van der Waals surface area (Å²) in [4.78, 5) is 12.6. The van der Waals surface area contributed by atoms with Gasteiger partial charge >= 0.3 is 5.97 Å². The number of carbonyl (C=O) groups excluding carboxylic acids is 1. The van der Waals surface area contributed by atoms with Crippen LogP contribution in [0.1, 0.15) is 89.4 Å². The van der Waals surface area contributed by atoms with Crippen molar-refractivity contribution in [1.82, 2.24) is 0 Å². The van der Waals surface area contributed by atoms with Gasteiger partial charge in [-0.25, -0.2) is 9.18 Å². The van der Waals surface area contributed by atoms with E-state index in [0.29, 0.717) is 18.4 Å².